The monoisotopic (exact) mass is 175 g/mol. The normalized spacial score (nSPS) is 20.2. The van der Waals surface area contributed by atoms with Crippen LogP contribution in [0.25, 0.3) is 0 Å². The van der Waals surface area contributed by atoms with Gasteiger partial charge in [-0.25, -0.2) is 0 Å². The number of carbonyl (C=O) groups excluding carboxylic acids is 1. The molecule has 1 atom stereocenters. The summed E-state index contributed by atoms with van der Waals surface area (Å²) in [5.74, 6) is 0.542. The van der Waals surface area contributed by atoms with Crippen molar-refractivity contribution in [2.24, 2.45) is 0 Å². The summed E-state index contributed by atoms with van der Waals surface area (Å²) in [7, 11) is 2.09. The largest absolute Gasteiger partial charge is 0.374 e. The second-order valence-electron chi connectivity index (χ2n) is 3.72. The molecule has 1 aliphatic rings. The van der Waals surface area contributed by atoms with E-state index in [0.717, 1.165) is 18.4 Å². The third-order valence-electron chi connectivity index (χ3n) is 2.68. The molecular formula is C11H13NO. The predicted molar refractivity (Wildman–Crippen MR) is 53.5 cm³/mol. The minimum Gasteiger partial charge on any atom is -0.374 e. The van der Waals surface area contributed by atoms with E-state index in [1.54, 1.807) is 0 Å². The molecule has 0 spiro atoms. The van der Waals surface area contributed by atoms with E-state index in [-0.39, 0.29) is 0 Å². The van der Waals surface area contributed by atoms with Gasteiger partial charge >= 0.3 is 0 Å². The van der Waals surface area contributed by atoms with Crippen LogP contribution in [0.3, 0.4) is 0 Å². The molecule has 1 heterocycles. The van der Waals surface area contributed by atoms with Crippen LogP contribution in [0.2, 0.25) is 0 Å². The maximum Gasteiger partial charge on any atom is 0.150 e. The maximum absolute atomic E-state index is 10.6. The van der Waals surface area contributed by atoms with Gasteiger partial charge in [0.25, 0.3) is 0 Å². The van der Waals surface area contributed by atoms with Crippen LogP contribution in [0, 0.1) is 0 Å². The topological polar surface area (TPSA) is 20.3 Å². The molecule has 1 aromatic rings. The third kappa shape index (κ3) is 1.22. The first-order chi connectivity index (χ1) is 6.22. The van der Waals surface area contributed by atoms with Crippen molar-refractivity contribution in [3.05, 3.63) is 29.3 Å². The molecule has 0 saturated heterocycles. The van der Waals surface area contributed by atoms with Gasteiger partial charge in [-0.3, -0.25) is 4.79 Å². The highest BCUT2D eigenvalue weighted by molar-refractivity contribution is 5.78. The Labute approximate surface area is 78.2 Å². The molecule has 0 amide bonds. The number of aldehydes is 1. The highest BCUT2D eigenvalue weighted by Crippen LogP contribution is 2.34. The number of nitrogens with zero attached hydrogens (tertiary/aromatic N) is 1. The number of likely N-dealkylation sites (N-methyl/N-ethyl adjacent to an activating group) is 1. The van der Waals surface area contributed by atoms with Crippen molar-refractivity contribution < 1.29 is 4.79 Å². The molecule has 0 radical (unpaired) electrons. The quantitative estimate of drug-likeness (QED) is 0.609. The fourth-order valence-corrected chi connectivity index (χ4v) is 2.00. The first kappa shape index (κ1) is 8.30. The van der Waals surface area contributed by atoms with Crippen molar-refractivity contribution in [2.45, 2.75) is 12.8 Å². The molecular weight excluding hydrogens is 162 g/mol. The molecule has 1 aliphatic heterocycles. The van der Waals surface area contributed by atoms with Crippen LogP contribution in [-0.2, 0) is 0 Å². The summed E-state index contributed by atoms with van der Waals surface area (Å²) in [4.78, 5) is 12.8. The highest BCUT2D eigenvalue weighted by Gasteiger charge is 2.22. The molecule has 0 saturated carbocycles. The van der Waals surface area contributed by atoms with Gasteiger partial charge in [0.15, 0.2) is 0 Å². The summed E-state index contributed by atoms with van der Waals surface area (Å²) in [6, 6.07) is 5.90. The Balaban J connectivity index is 2.51. The number of anilines is 1. The summed E-state index contributed by atoms with van der Waals surface area (Å²) in [6.07, 6.45) is 0.908. The molecule has 1 aromatic carbocycles. The summed E-state index contributed by atoms with van der Waals surface area (Å²) in [5, 5.41) is 0. The standard InChI is InChI=1S/C11H13NO/c1-8-6-12(2)11-4-3-9(7-13)5-10(8)11/h3-5,7-8H,6H2,1-2H3. The lowest BCUT2D eigenvalue weighted by Gasteiger charge is -2.11. The lowest BCUT2D eigenvalue weighted by atomic mass is 10.0. The van der Waals surface area contributed by atoms with E-state index in [9.17, 15) is 4.79 Å². The van der Waals surface area contributed by atoms with Crippen molar-refractivity contribution in [1.29, 1.82) is 0 Å². The minimum absolute atomic E-state index is 0.542. The van der Waals surface area contributed by atoms with Crippen LogP contribution in [0.15, 0.2) is 18.2 Å². The minimum atomic E-state index is 0.542. The smallest absolute Gasteiger partial charge is 0.150 e. The number of rotatable bonds is 1. The van der Waals surface area contributed by atoms with Gasteiger partial charge in [-0.1, -0.05) is 6.92 Å². The van der Waals surface area contributed by atoms with Crippen molar-refractivity contribution in [2.75, 3.05) is 18.5 Å². The third-order valence-corrected chi connectivity index (χ3v) is 2.68. The molecule has 2 nitrogen and oxygen atoms in total. The van der Waals surface area contributed by atoms with E-state index in [2.05, 4.69) is 18.9 Å². The molecule has 0 N–H and O–H groups in total. The summed E-state index contributed by atoms with van der Waals surface area (Å²) in [6.45, 7) is 3.24. The lowest BCUT2D eigenvalue weighted by molar-refractivity contribution is 0.112. The number of benzene rings is 1. The SMILES string of the molecule is CC1CN(C)c2ccc(C=O)cc21. The Morgan fingerprint density at radius 2 is 2.31 bits per heavy atom. The van der Waals surface area contributed by atoms with Gasteiger partial charge in [0.05, 0.1) is 0 Å². The first-order valence-electron chi connectivity index (χ1n) is 4.52. The summed E-state index contributed by atoms with van der Waals surface area (Å²) >= 11 is 0. The fraction of sp³-hybridized carbons (Fsp3) is 0.364. The predicted octanol–water partition coefficient (Wildman–Crippen LogP) is 2.05. The van der Waals surface area contributed by atoms with Gasteiger partial charge in [0.2, 0.25) is 0 Å². The zero-order valence-corrected chi connectivity index (χ0v) is 7.95. The number of hydrogen-bond acceptors (Lipinski definition) is 2. The van der Waals surface area contributed by atoms with Crippen molar-refractivity contribution in [1.82, 2.24) is 0 Å². The molecule has 0 aliphatic carbocycles. The Morgan fingerprint density at radius 1 is 1.54 bits per heavy atom. The van der Waals surface area contributed by atoms with E-state index in [1.165, 1.54) is 11.3 Å². The molecule has 13 heavy (non-hydrogen) atoms. The van der Waals surface area contributed by atoms with Gasteiger partial charge < -0.3 is 4.90 Å². The first-order valence-corrected chi connectivity index (χ1v) is 4.52. The van der Waals surface area contributed by atoms with Gasteiger partial charge in [0.1, 0.15) is 6.29 Å². The molecule has 0 aromatic heterocycles. The number of fused-ring (bicyclic) bond motifs is 1. The fourth-order valence-electron chi connectivity index (χ4n) is 2.00. The van der Waals surface area contributed by atoms with E-state index < -0.39 is 0 Å². The zero-order chi connectivity index (χ0) is 9.42. The van der Waals surface area contributed by atoms with Crippen molar-refractivity contribution in [3.63, 3.8) is 0 Å². The average molecular weight is 175 g/mol. The van der Waals surface area contributed by atoms with Crippen molar-refractivity contribution in [3.8, 4) is 0 Å². The van der Waals surface area contributed by atoms with Crippen LogP contribution in [-0.4, -0.2) is 19.9 Å². The molecule has 68 valence electrons. The second kappa shape index (κ2) is 2.87. The molecule has 2 heteroatoms. The molecule has 0 fully saturated rings. The Morgan fingerprint density at radius 3 is 3.00 bits per heavy atom. The number of carbonyl (C=O) groups is 1. The van der Waals surface area contributed by atoms with Crippen LogP contribution < -0.4 is 4.90 Å². The Bertz CT molecular complexity index is 346. The lowest BCUT2D eigenvalue weighted by Crippen LogP contribution is -2.13. The van der Waals surface area contributed by atoms with E-state index in [4.69, 9.17) is 0 Å². The van der Waals surface area contributed by atoms with E-state index >= 15 is 0 Å². The van der Waals surface area contributed by atoms with Crippen LogP contribution >= 0.6 is 0 Å². The van der Waals surface area contributed by atoms with Gasteiger partial charge in [-0.2, -0.15) is 0 Å². The average Bonchev–Trinajstić information content (AvgIpc) is 2.42. The molecule has 0 bridgehead atoms. The molecule has 1 unspecified atom stereocenters. The summed E-state index contributed by atoms with van der Waals surface area (Å²) < 4.78 is 0. The van der Waals surface area contributed by atoms with Crippen molar-refractivity contribution >= 4 is 12.0 Å². The Hall–Kier alpha value is -1.31. The van der Waals surface area contributed by atoms with Crippen LogP contribution in [0.5, 0.6) is 0 Å². The highest BCUT2D eigenvalue weighted by atomic mass is 16.1. The zero-order valence-electron chi connectivity index (χ0n) is 7.95. The van der Waals surface area contributed by atoms with Gasteiger partial charge in [-0.15, -0.1) is 0 Å². The van der Waals surface area contributed by atoms with Gasteiger partial charge in [0, 0.05) is 30.8 Å². The van der Waals surface area contributed by atoms with Crippen LogP contribution in [0.4, 0.5) is 5.69 Å². The Kier molecular flexibility index (Phi) is 1.83. The van der Waals surface area contributed by atoms with Crippen LogP contribution in [0.1, 0.15) is 28.8 Å². The van der Waals surface area contributed by atoms with Gasteiger partial charge in [-0.05, 0) is 23.8 Å². The van der Waals surface area contributed by atoms with E-state index in [0.29, 0.717) is 5.92 Å². The summed E-state index contributed by atoms with van der Waals surface area (Å²) in [5.41, 5.74) is 3.34. The van der Waals surface area contributed by atoms with E-state index in [1.807, 2.05) is 18.2 Å². The maximum atomic E-state index is 10.6. The number of hydrogen-bond donors (Lipinski definition) is 0. The second-order valence-corrected chi connectivity index (χ2v) is 3.72. The molecule has 2 rings (SSSR count).